The van der Waals surface area contributed by atoms with Crippen molar-refractivity contribution in [1.29, 1.82) is 5.26 Å². The van der Waals surface area contributed by atoms with Crippen molar-refractivity contribution in [2.75, 3.05) is 26.2 Å². The molecule has 1 aromatic carbocycles. The Kier molecular flexibility index (Phi) is 5.78. The van der Waals surface area contributed by atoms with Crippen molar-refractivity contribution in [3.8, 4) is 17.5 Å². The number of nitrogens with zero attached hydrogens (tertiary/aromatic N) is 5. The number of thiazole rings is 1. The average molecular weight is 442 g/mol. The van der Waals surface area contributed by atoms with Gasteiger partial charge in [0.1, 0.15) is 6.07 Å². The summed E-state index contributed by atoms with van der Waals surface area (Å²) in [6, 6.07) is 13.7. The molecule has 10 heteroatoms. The first-order valence-electron chi connectivity index (χ1n) is 9.32. The Bertz CT molecular complexity index is 1240. The van der Waals surface area contributed by atoms with Crippen LogP contribution in [0.1, 0.15) is 5.56 Å². The van der Waals surface area contributed by atoms with E-state index < -0.39 is 10.0 Å². The Balaban J connectivity index is 1.48. The lowest BCUT2D eigenvalue weighted by molar-refractivity contribution is 0.152. The third-order valence-electron chi connectivity index (χ3n) is 5.01. The predicted octanol–water partition coefficient (Wildman–Crippen LogP) is 1.81. The zero-order valence-electron chi connectivity index (χ0n) is 16.0. The molecular weight excluding hydrogens is 422 g/mol. The predicted molar refractivity (Wildman–Crippen MR) is 113 cm³/mol. The van der Waals surface area contributed by atoms with Crippen LogP contribution in [0.5, 0.6) is 0 Å². The third-order valence-corrected chi connectivity index (χ3v) is 7.73. The quantitative estimate of drug-likeness (QED) is 0.599. The van der Waals surface area contributed by atoms with Crippen molar-refractivity contribution in [1.82, 2.24) is 18.8 Å². The second-order valence-corrected chi connectivity index (χ2v) is 9.53. The summed E-state index contributed by atoms with van der Waals surface area (Å²) in [5, 5.41) is 11.0. The van der Waals surface area contributed by atoms with Crippen molar-refractivity contribution in [3.63, 3.8) is 0 Å². The second-order valence-electron chi connectivity index (χ2n) is 6.80. The van der Waals surface area contributed by atoms with Gasteiger partial charge in [-0.15, -0.1) is 0 Å². The fourth-order valence-electron chi connectivity index (χ4n) is 3.41. The minimum Gasteiger partial charge on any atom is -0.284 e. The van der Waals surface area contributed by atoms with Gasteiger partial charge in [0, 0.05) is 37.8 Å². The van der Waals surface area contributed by atoms with Crippen molar-refractivity contribution >= 4 is 21.4 Å². The Hall–Kier alpha value is -2.84. The van der Waals surface area contributed by atoms with Crippen molar-refractivity contribution < 1.29 is 8.42 Å². The summed E-state index contributed by atoms with van der Waals surface area (Å²) in [5.74, 6) is 0. The van der Waals surface area contributed by atoms with Gasteiger partial charge < -0.3 is 0 Å². The van der Waals surface area contributed by atoms with E-state index in [4.69, 9.17) is 0 Å². The lowest BCUT2D eigenvalue weighted by Crippen LogP contribution is -2.49. The maximum absolute atomic E-state index is 13.0. The number of hydrogen-bond donors (Lipinski definition) is 0. The maximum atomic E-state index is 13.0. The van der Waals surface area contributed by atoms with Gasteiger partial charge in [-0.05, 0) is 24.3 Å². The molecule has 0 amide bonds. The van der Waals surface area contributed by atoms with Crippen molar-refractivity contribution in [2.45, 2.75) is 11.6 Å². The van der Waals surface area contributed by atoms with Crippen LogP contribution in [0.2, 0.25) is 0 Å². The van der Waals surface area contributed by atoms with Gasteiger partial charge in [0.05, 0.1) is 28.5 Å². The summed E-state index contributed by atoms with van der Waals surface area (Å²) in [6.45, 7) is 1.92. The molecule has 0 spiro atoms. The summed E-state index contributed by atoms with van der Waals surface area (Å²) >= 11 is 1.12. The number of nitriles is 1. The zero-order chi connectivity index (χ0) is 21.1. The van der Waals surface area contributed by atoms with Crippen LogP contribution >= 0.6 is 11.3 Å². The Morgan fingerprint density at radius 1 is 1.07 bits per heavy atom. The number of rotatable bonds is 5. The smallest absolute Gasteiger partial charge is 0.284 e. The normalized spacial score (nSPS) is 15.7. The Labute approximate surface area is 178 Å². The van der Waals surface area contributed by atoms with Gasteiger partial charge in [-0.25, -0.2) is 8.42 Å². The first-order chi connectivity index (χ1) is 14.5. The van der Waals surface area contributed by atoms with Gasteiger partial charge >= 0.3 is 4.87 Å². The third kappa shape index (κ3) is 3.93. The SMILES string of the molecule is N#Cc1ccccc1S(=O)(=O)N1CCN(Cn2c(-c3ccccn3)csc2=O)CC1. The average Bonchev–Trinajstić information content (AvgIpc) is 3.14. The molecule has 154 valence electrons. The first-order valence-corrected chi connectivity index (χ1v) is 11.6. The molecule has 30 heavy (non-hydrogen) atoms. The minimum absolute atomic E-state index is 0.0347. The monoisotopic (exact) mass is 441 g/mol. The van der Waals surface area contributed by atoms with Crippen molar-refractivity contribution in [2.24, 2.45) is 0 Å². The Morgan fingerprint density at radius 3 is 2.50 bits per heavy atom. The van der Waals surface area contributed by atoms with Gasteiger partial charge in [0.15, 0.2) is 0 Å². The first kappa shape index (κ1) is 20.4. The maximum Gasteiger partial charge on any atom is 0.308 e. The standard InChI is InChI=1S/C20H19N5O3S2/c21-13-16-5-1-2-7-19(16)30(27,28)24-11-9-23(10-12-24)15-25-18(14-29-20(25)26)17-6-3-4-8-22-17/h1-8,14H,9-12,15H2. The lowest BCUT2D eigenvalue weighted by atomic mass is 10.2. The van der Waals surface area contributed by atoms with Crippen molar-refractivity contribution in [3.05, 3.63) is 69.3 Å². The molecule has 0 bridgehead atoms. The van der Waals surface area contributed by atoms with E-state index in [0.717, 1.165) is 22.7 Å². The number of benzene rings is 1. The number of aromatic nitrogens is 2. The van der Waals surface area contributed by atoms with E-state index >= 15 is 0 Å². The molecule has 0 atom stereocenters. The van der Waals surface area contributed by atoms with Gasteiger partial charge in [-0.3, -0.25) is 19.2 Å². The minimum atomic E-state index is -3.74. The van der Waals surface area contributed by atoms with E-state index in [0.29, 0.717) is 32.8 Å². The zero-order valence-corrected chi connectivity index (χ0v) is 17.6. The van der Waals surface area contributed by atoms with Crippen LogP contribution in [-0.2, 0) is 16.7 Å². The van der Waals surface area contributed by atoms with Crippen LogP contribution in [-0.4, -0.2) is 53.4 Å². The highest BCUT2D eigenvalue weighted by molar-refractivity contribution is 7.89. The molecule has 4 rings (SSSR count). The molecule has 3 heterocycles. The number of piperazine rings is 1. The number of pyridine rings is 1. The highest BCUT2D eigenvalue weighted by atomic mass is 32.2. The molecule has 1 aliphatic heterocycles. The van der Waals surface area contributed by atoms with Crippen LogP contribution in [0.3, 0.4) is 0 Å². The van der Waals surface area contributed by atoms with Crippen LogP contribution in [0.4, 0.5) is 0 Å². The lowest BCUT2D eigenvalue weighted by Gasteiger charge is -2.34. The number of sulfonamides is 1. The summed E-state index contributed by atoms with van der Waals surface area (Å²) in [6.07, 6.45) is 1.69. The molecule has 0 radical (unpaired) electrons. The van der Waals surface area contributed by atoms with Crippen LogP contribution in [0.25, 0.3) is 11.4 Å². The summed E-state index contributed by atoms with van der Waals surface area (Å²) < 4.78 is 29.0. The molecule has 1 saturated heterocycles. The summed E-state index contributed by atoms with van der Waals surface area (Å²) in [4.78, 5) is 18.7. The number of hydrogen-bond acceptors (Lipinski definition) is 7. The van der Waals surface area contributed by atoms with E-state index in [2.05, 4.69) is 4.98 Å². The second kappa shape index (κ2) is 8.49. The van der Waals surface area contributed by atoms with Gasteiger partial charge in [0.25, 0.3) is 0 Å². The van der Waals surface area contributed by atoms with Gasteiger partial charge in [-0.2, -0.15) is 9.57 Å². The molecule has 2 aromatic heterocycles. The van der Waals surface area contributed by atoms with E-state index in [1.807, 2.05) is 29.2 Å². The fraction of sp³-hybridized carbons (Fsp3) is 0.250. The summed E-state index contributed by atoms with van der Waals surface area (Å²) in [5.41, 5.74) is 1.62. The largest absolute Gasteiger partial charge is 0.308 e. The molecule has 0 N–H and O–H groups in total. The molecule has 0 aliphatic carbocycles. The highest BCUT2D eigenvalue weighted by Gasteiger charge is 2.30. The fourth-order valence-corrected chi connectivity index (χ4v) is 5.72. The van der Waals surface area contributed by atoms with E-state index in [1.165, 1.54) is 16.4 Å². The molecule has 1 aliphatic rings. The van der Waals surface area contributed by atoms with E-state index in [-0.39, 0.29) is 15.3 Å². The van der Waals surface area contributed by atoms with Gasteiger partial charge in [0.2, 0.25) is 10.0 Å². The van der Waals surface area contributed by atoms with Crippen LogP contribution in [0.15, 0.2) is 63.7 Å². The highest BCUT2D eigenvalue weighted by Crippen LogP contribution is 2.22. The molecule has 0 unspecified atom stereocenters. The topological polar surface area (TPSA) is 99.3 Å². The van der Waals surface area contributed by atoms with E-state index in [1.54, 1.807) is 28.3 Å². The van der Waals surface area contributed by atoms with Crippen LogP contribution < -0.4 is 4.87 Å². The van der Waals surface area contributed by atoms with Gasteiger partial charge in [-0.1, -0.05) is 29.5 Å². The van der Waals surface area contributed by atoms with E-state index in [9.17, 15) is 18.5 Å². The van der Waals surface area contributed by atoms with Crippen LogP contribution in [0, 0.1) is 11.3 Å². The molecular formula is C20H19N5O3S2. The Morgan fingerprint density at radius 2 is 1.80 bits per heavy atom. The molecule has 3 aromatic rings. The molecule has 1 fully saturated rings. The summed E-state index contributed by atoms with van der Waals surface area (Å²) in [7, 11) is -3.74. The molecule has 0 saturated carbocycles. The molecule has 8 nitrogen and oxygen atoms in total.